The first-order chi connectivity index (χ1) is 18.6. The van der Waals surface area contributed by atoms with Gasteiger partial charge < -0.3 is 4.42 Å². The van der Waals surface area contributed by atoms with Crippen LogP contribution in [0, 0.1) is 17.5 Å². The normalized spacial score (nSPS) is 11.3. The highest BCUT2D eigenvalue weighted by atomic mass is 32.2. The molecule has 0 bridgehead atoms. The van der Waals surface area contributed by atoms with Crippen LogP contribution in [0.2, 0.25) is 0 Å². The number of halogens is 3. The molecule has 0 aliphatic carbocycles. The molecule has 0 N–H and O–H groups in total. The van der Waals surface area contributed by atoms with Crippen molar-refractivity contribution >= 4 is 22.7 Å². The summed E-state index contributed by atoms with van der Waals surface area (Å²) in [5.41, 5.74) is 3.09. The van der Waals surface area contributed by atoms with Crippen LogP contribution < -0.4 is 0 Å². The Bertz CT molecular complexity index is 1710. The lowest BCUT2D eigenvalue weighted by Gasteiger charge is -2.13. The maximum atomic E-state index is 14.3. The second kappa shape index (κ2) is 10.2. The lowest BCUT2D eigenvalue weighted by atomic mass is 10.0. The summed E-state index contributed by atoms with van der Waals surface area (Å²) in [4.78, 5) is 4.85. The number of fused-ring (bicyclic) bond motifs is 1. The van der Waals surface area contributed by atoms with Gasteiger partial charge in [0, 0.05) is 40.0 Å². The Hall–Kier alpha value is -4.37. The smallest absolute Gasteiger partial charge is 0.192 e. The average Bonchev–Trinajstić information content (AvgIpc) is 3.58. The second-order valence-corrected chi connectivity index (χ2v) is 9.49. The number of rotatable bonds is 7. The standard InChI is InChI=1S/C29H19F3N4OS/c30-19-13-24(31)23(25(32)14-19)17-38-29-35-34-28(36(29)16-20-9-6-12-37-20)22-15-27(18-7-2-1-3-8-18)33-26-11-5-4-10-21(22)26/h1-15H,16-17H2. The second-order valence-electron chi connectivity index (χ2n) is 8.55. The molecule has 3 heterocycles. The van der Waals surface area contributed by atoms with Crippen LogP contribution in [0.1, 0.15) is 11.3 Å². The molecule has 9 heteroatoms. The molecule has 0 amide bonds. The van der Waals surface area contributed by atoms with Crippen molar-refractivity contribution in [1.29, 1.82) is 0 Å². The molecule has 0 radical (unpaired) electrons. The summed E-state index contributed by atoms with van der Waals surface area (Å²) < 4.78 is 49.5. The summed E-state index contributed by atoms with van der Waals surface area (Å²) >= 11 is 1.11. The third kappa shape index (κ3) is 4.68. The first kappa shape index (κ1) is 24.0. The van der Waals surface area contributed by atoms with Gasteiger partial charge in [0.2, 0.25) is 0 Å². The lowest BCUT2D eigenvalue weighted by molar-refractivity contribution is 0.485. The zero-order valence-electron chi connectivity index (χ0n) is 19.8. The Kier molecular flexibility index (Phi) is 6.43. The van der Waals surface area contributed by atoms with Crippen LogP contribution in [-0.2, 0) is 12.3 Å². The van der Waals surface area contributed by atoms with Crippen LogP contribution in [0.25, 0.3) is 33.5 Å². The van der Waals surface area contributed by atoms with Gasteiger partial charge in [-0.25, -0.2) is 18.2 Å². The van der Waals surface area contributed by atoms with Gasteiger partial charge >= 0.3 is 0 Å². The molecular formula is C29H19F3N4OS. The van der Waals surface area contributed by atoms with Gasteiger partial charge in [-0.2, -0.15) is 0 Å². The quantitative estimate of drug-likeness (QED) is 0.201. The van der Waals surface area contributed by atoms with Crippen molar-refractivity contribution in [3.05, 3.63) is 120 Å². The number of hydrogen-bond donors (Lipinski definition) is 0. The van der Waals surface area contributed by atoms with E-state index < -0.39 is 17.5 Å². The minimum atomic E-state index is -0.962. The molecule has 6 aromatic rings. The number of thioether (sulfide) groups is 1. The van der Waals surface area contributed by atoms with E-state index in [2.05, 4.69) is 10.2 Å². The molecule has 0 atom stereocenters. The van der Waals surface area contributed by atoms with Crippen LogP contribution in [0.15, 0.2) is 101 Å². The molecule has 188 valence electrons. The summed E-state index contributed by atoms with van der Waals surface area (Å²) in [5, 5.41) is 10.2. The van der Waals surface area contributed by atoms with Crippen molar-refractivity contribution in [2.45, 2.75) is 17.5 Å². The molecule has 0 saturated carbocycles. The largest absolute Gasteiger partial charge is 0.467 e. The Morgan fingerprint density at radius 2 is 1.58 bits per heavy atom. The average molecular weight is 529 g/mol. The fraction of sp³-hybridized carbons (Fsp3) is 0.0690. The molecule has 38 heavy (non-hydrogen) atoms. The van der Waals surface area contributed by atoms with Gasteiger partial charge in [0.15, 0.2) is 11.0 Å². The van der Waals surface area contributed by atoms with Crippen molar-refractivity contribution in [1.82, 2.24) is 19.7 Å². The SMILES string of the molecule is Fc1cc(F)c(CSc2nnc(-c3cc(-c4ccccc4)nc4ccccc34)n2Cc2ccco2)c(F)c1. The lowest BCUT2D eigenvalue weighted by Crippen LogP contribution is -2.05. The van der Waals surface area contributed by atoms with E-state index in [0.717, 1.165) is 39.5 Å². The first-order valence-electron chi connectivity index (χ1n) is 11.7. The fourth-order valence-corrected chi connectivity index (χ4v) is 5.21. The predicted octanol–water partition coefficient (Wildman–Crippen LogP) is 7.51. The molecular weight excluding hydrogens is 509 g/mol. The molecule has 3 aromatic carbocycles. The van der Waals surface area contributed by atoms with Gasteiger partial charge in [-0.1, -0.05) is 60.3 Å². The highest BCUT2D eigenvalue weighted by Gasteiger charge is 2.21. The van der Waals surface area contributed by atoms with Gasteiger partial charge in [-0.3, -0.25) is 4.57 Å². The van der Waals surface area contributed by atoms with E-state index >= 15 is 0 Å². The zero-order valence-corrected chi connectivity index (χ0v) is 20.6. The maximum Gasteiger partial charge on any atom is 0.192 e. The fourth-order valence-electron chi connectivity index (χ4n) is 4.26. The van der Waals surface area contributed by atoms with Gasteiger partial charge in [0.25, 0.3) is 0 Å². The summed E-state index contributed by atoms with van der Waals surface area (Å²) in [7, 11) is 0. The predicted molar refractivity (Wildman–Crippen MR) is 140 cm³/mol. The van der Waals surface area contributed by atoms with E-state index in [9.17, 15) is 13.2 Å². The number of hydrogen-bond acceptors (Lipinski definition) is 5. The van der Waals surface area contributed by atoms with Crippen molar-refractivity contribution in [2.24, 2.45) is 0 Å². The molecule has 0 spiro atoms. The number of nitrogens with zero attached hydrogens (tertiary/aromatic N) is 4. The number of benzene rings is 3. The van der Waals surface area contributed by atoms with Crippen LogP contribution in [0.5, 0.6) is 0 Å². The van der Waals surface area contributed by atoms with Crippen LogP contribution >= 0.6 is 11.8 Å². The molecule has 5 nitrogen and oxygen atoms in total. The minimum Gasteiger partial charge on any atom is -0.467 e. The topological polar surface area (TPSA) is 56.7 Å². The van der Waals surface area contributed by atoms with Gasteiger partial charge in [0.1, 0.15) is 23.2 Å². The Morgan fingerprint density at radius 3 is 2.34 bits per heavy atom. The van der Waals surface area contributed by atoms with Crippen LogP contribution in [-0.4, -0.2) is 19.7 Å². The molecule has 0 aliphatic rings. The molecule has 3 aromatic heterocycles. The van der Waals surface area contributed by atoms with Crippen LogP contribution in [0.3, 0.4) is 0 Å². The van der Waals surface area contributed by atoms with E-state index in [1.54, 1.807) is 12.3 Å². The van der Waals surface area contributed by atoms with E-state index in [0.29, 0.717) is 35.4 Å². The molecule has 0 fully saturated rings. The van der Waals surface area contributed by atoms with E-state index in [1.165, 1.54) is 0 Å². The van der Waals surface area contributed by atoms with E-state index in [-0.39, 0.29) is 11.3 Å². The van der Waals surface area contributed by atoms with Crippen molar-refractivity contribution in [2.75, 3.05) is 0 Å². The van der Waals surface area contributed by atoms with Crippen molar-refractivity contribution in [3.8, 4) is 22.6 Å². The molecule has 0 aliphatic heterocycles. The van der Waals surface area contributed by atoms with E-state index in [4.69, 9.17) is 9.40 Å². The number of para-hydroxylation sites is 1. The van der Waals surface area contributed by atoms with Crippen LogP contribution in [0.4, 0.5) is 13.2 Å². The summed E-state index contributed by atoms with van der Waals surface area (Å²) in [5.74, 6) is -1.73. The highest BCUT2D eigenvalue weighted by Crippen LogP contribution is 2.34. The number of furan rings is 1. The number of aromatic nitrogens is 4. The molecule has 6 rings (SSSR count). The van der Waals surface area contributed by atoms with Crippen molar-refractivity contribution in [3.63, 3.8) is 0 Å². The number of pyridine rings is 1. The summed E-state index contributed by atoms with van der Waals surface area (Å²) in [6, 6.07) is 24.5. The Labute approximate surface area is 220 Å². The van der Waals surface area contributed by atoms with Gasteiger partial charge in [-0.15, -0.1) is 10.2 Å². The summed E-state index contributed by atoms with van der Waals surface area (Å²) in [6.45, 7) is 0.295. The maximum absolute atomic E-state index is 14.3. The monoisotopic (exact) mass is 528 g/mol. The van der Waals surface area contributed by atoms with Crippen molar-refractivity contribution < 1.29 is 17.6 Å². The van der Waals surface area contributed by atoms with Gasteiger partial charge in [-0.05, 0) is 24.3 Å². The minimum absolute atomic E-state index is 0.0966. The molecule has 0 saturated heterocycles. The summed E-state index contributed by atoms with van der Waals surface area (Å²) in [6.07, 6.45) is 1.57. The third-order valence-corrected chi connectivity index (χ3v) is 7.08. The van der Waals surface area contributed by atoms with E-state index in [1.807, 2.05) is 71.3 Å². The zero-order chi connectivity index (χ0) is 26.1. The Morgan fingerprint density at radius 1 is 0.816 bits per heavy atom. The Balaban J connectivity index is 1.47. The first-order valence-corrected chi connectivity index (χ1v) is 12.7. The van der Waals surface area contributed by atoms with Gasteiger partial charge in [0.05, 0.1) is 24.0 Å². The third-order valence-electron chi connectivity index (χ3n) is 6.09. The highest BCUT2D eigenvalue weighted by molar-refractivity contribution is 7.98. The molecule has 0 unspecified atom stereocenters.